The molecule has 0 unspecified atom stereocenters. The van der Waals surface area contributed by atoms with Gasteiger partial charge in [0.15, 0.2) is 0 Å². The third kappa shape index (κ3) is 1.57. The lowest BCUT2D eigenvalue weighted by Gasteiger charge is -2.03. The van der Waals surface area contributed by atoms with Crippen LogP contribution in [-0.2, 0) is 0 Å². The Bertz CT molecular complexity index is 795. The van der Waals surface area contributed by atoms with E-state index in [4.69, 9.17) is 4.42 Å². The molecule has 0 saturated carbocycles. The third-order valence-corrected chi connectivity index (χ3v) is 2.54. The molecule has 0 fully saturated rings. The second-order valence-corrected chi connectivity index (χ2v) is 3.62. The van der Waals surface area contributed by atoms with Crippen molar-refractivity contribution >= 4 is 11.0 Å². The average Bonchev–Trinajstić information content (AvgIpc) is 2.75. The van der Waals surface area contributed by atoms with Gasteiger partial charge in [-0.3, -0.25) is 14.3 Å². The van der Waals surface area contributed by atoms with E-state index < -0.39 is 11.2 Å². The van der Waals surface area contributed by atoms with Gasteiger partial charge in [0, 0.05) is 23.7 Å². The molecule has 1 aromatic carbocycles. The first-order chi connectivity index (χ1) is 8.24. The molecule has 2 aromatic heterocycles. The number of fused-ring (bicyclic) bond motifs is 1. The summed E-state index contributed by atoms with van der Waals surface area (Å²) in [5.74, 6) is 0. The second-order valence-electron chi connectivity index (χ2n) is 3.62. The number of hydrogen-bond acceptors (Lipinski definition) is 3. The van der Waals surface area contributed by atoms with Crippen LogP contribution in [0.4, 0.5) is 0 Å². The molecule has 0 aliphatic carbocycles. The van der Waals surface area contributed by atoms with Crippen LogP contribution in [0.15, 0.2) is 56.8 Å². The summed E-state index contributed by atoms with van der Waals surface area (Å²) in [6, 6.07) is 8.53. The monoisotopic (exact) mass is 228 g/mol. The normalized spacial score (nSPS) is 10.8. The fourth-order valence-electron chi connectivity index (χ4n) is 1.71. The molecule has 2 heterocycles. The van der Waals surface area contributed by atoms with Crippen molar-refractivity contribution in [3.05, 3.63) is 63.6 Å². The molecule has 3 rings (SSSR count). The van der Waals surface area contributed by atoms with E-state index in [0.29, 0.717) is 11.3 Å². The molecule has 5 heteroatoms. The van der Waals surface area contributed by atoms with Crippen LogP contribution in [0.5, 0.6) is 0 Å². The van der Waals surface area contributed by atoms with Crippen LogP contribution in [0.2, 0.25) is 0 Å². The van der Waals surface area contributed by atoms with Gasteiger partial charge in [0.1, 0.15) is 5.58 Å². The van der Waals surface area contributed by atoms with Gasteiger partial charge in [-0.1, -0.05) is 0 Å². The van der Waals surface area contributed by atoms with Crippen LogP contribution < -0.4 is 11.2 Å². The maximum atomic E-state index is 11.6. The van der Waals surface area contributed by atoms with Crippen molar-refractivity contribution in [2.75, 3.05) is 0 Å². The number of aromatic nitrogens is 2. The van der Waals surface area contributed by atoms with Crippen molar-refractivity contribution in [3.8, 4) is 5.69 Å². The van der Waals surface area contributed by atoms with E-state index >= 15 is 0 Å². The Morgan fingerprint density at radius 3 is 2.82 bits per heavy atom. The Labute approximate surface area is 94.9 Å². The Hall–Kier alpha value is -2.56. The van der Waals surface area contributed by atoms with Gasteiger partial charge in [-0.15, -0.1) is 0 Å². The maximum absolute atomic E-state index is 11.6. The van der Waals surface area contributed by atoms with E-state index in [2.05, 4.69) is 4.98 Å². The number of furan rings is 1. The second kappa shape index (κ2) is 3.48. The van der Waals surface area contributed by atoms with Crippen LogP contribution >= 0.6 is 0 Å². The highest BCUT2D eigenvalue weighted by atomic mass is 16.3. The number of nitrogens with one attached hydrogen (secondary N) is 1. The highest BCUT2D eigenvalue weighted by molar-refractivity contribution is 5.79. The van der Waals surface area contributed by atoms with Crippen LogP contribution in [0, 0.1) is 0 Å². The van der Waals surface area contributed by atoms with Crippen molar-refractivity contribution in [2.45, 2.75) is 0 Å². The van der Waals surface area contributed by atoms with Gasteiger partial charge in [-0.25, -0.2) is 4.79 Å². The molecule has 0 bridgehead atoms. The molecule has 0 radical (unpaired) electrons. The fraction of sp³-hybridized carbons (Fsp3) is 0. The standard InChI is InChI=1S/C12H8N2O3/c15-11-3-5-14(12(16)13-11)9-2-1-8-4-6-17-10(8)7-9/h1-7H,(H,13,15,16). The zero-order chi connectivity index (χ0) is 11.8. The Morgan fingerprint density at radius 1 is 1.12 bits per heavy atom. The molecule has 0 aliphatic heterocycles. The van der Waals surface area contributed by atoms with E-state index in [1.54, 1.807) is 18.4 Å². The van der Waals surface area contributed by atoms with Gasteiger partial charge in [0.05, 0.1) is 12.0 Å². The first-order valence-corrected chi connectivity index (χ1v) is 5.04. The Balaban J connectivity index is 2.26. The lowest BCUT2D eigenvalue weighted by atomic mass is 10.2. The smallest absolute Gasteiger partial charge is 0.332 e. The van der Waals surface area contributed by atoms with Crippen molar-refractivity contribution in [1.29, 1.82) is 0 Å². The van der Waals surface area contributed by atoms with Gasteiger partial charge in [0.2, 0.25) is 0 Å². The topological polar surface area (TPSA) is 68.0 Å². The number of hydrogen-bond donors (Lipinski definition) is 1. The quantitative estimate of drug-likeness (QED) is 0.682. The lowest BCUT2D eigenvalue weighted by Crippen LogP contribution is -2.27. The van der Waals surface area contributed by atoms with E-state index in [9.17, 15) is 9.59 Å². The minimum Gasteiger partial charge on any atom is -0.464 e. The summed E-state index contributed by atoms with van der Waals surface area (Å²) >= 11 is 0. The zero-order valence-electron chi connectivity index (χ0n) is 8.71. The van der Waals surface area contributed by atoms with E-state index in [0.717, 1.165) is 5.39 Å². The van der Waals surface area contributed by atoms with Gasteiger partial charge in [-0.2, -0.15) is 0 Å². The molecule has 84 valence electrons. The molecule has 0 spiro atoms. The minimum absolute atomic E-state index is 0.412. The van der Waals surface area contributed by atoms with Crippen LogP contribution in [0.3, 0.4) is 0 Å². The summed E-state index contributed by atoms with van der Waals surface area (Å²) in [4.78, 5) is 24.7. The molecular formula is C12H8N2O3. The molecule has 0 saturated heterocycles. The molecule has 0 aliphatic rings. The van der Waals surface area contributed by atoms with Crippen LogP contribution in [0.25, 0.3) is 16.7 Å². The van der Waals surface area contributed by atoms with Gasteiger partial charge < -0.3 is 4.42 Å². The Kier molecular flexibility index (Phi) is 1.98. The predicted molar refractivity (Wildman–Crippen MR) is 62.4 cm³/mol. The zero-order valence-corrected chi connectivity index (χ0v) is 8.71. The molecular weight excluding hydrogens is 220 g/mol. The molecule has 3 aromatic rings. The van der Waals surface area contributed by atoms with E-state index in [-0.39, 0.29) is 0 Å². The van der Waals surface area contributed by atoms with Crippen molar-refractivity contribution in [3.63, 3.8) is 0 Å². The minimum atomic E-state index is -0.469. The van der Waals surface area contributed by atoms with Crippen molar-refractivity contribution < 1.29 is 4.42 Å². The first kappa shape index (κ1) is 9.65. The number of H-pyrrole nitrogens is 1. The summed E-state index contributed by atoms with van der Waals surface area (Å²) in [7, 11) is 0. The van der Waals surface area contributed by atoms with Crippen molar-refractivity contribution in [1.82, 2.24) is 9.55 Å². The molecule has 0 atom stereocenters. The SMILES string of the molecule is O=c1ccn(-c2ccc3ccoc3c2)c(=O)[nH]1. The maximum Gasteiger partial charge on any atom is 0.332 e. The van der Waals surface area contributed by atoms with Crippen molar-refractivity contribution in [2.24, 2.45) is 0 Å². The molecule has 0 amide bonds. The Morgan fingerprint density at radius 2 is 2.00 bits per heavy atom. The number of nitrogens with zero attached hydrogens (tertiary/aromatic N) is 1. The number of aromatic amines is 1. The summed E-state index contributed by atoms with van der Waals surface area (Å²) in [5, 5.41) is 0.964. The van der Waals surface area contributed by atoms with Gasteiger partial charge in [0.25, 0.3) is 5.56 Å². The molecule has 17 heavy (non-hydrogen) atoms. The number of benzene rings is 1. The summed E-state index contributed by atoms with van der Waals surface area (Å²) in [6.07, 6.45) is 3.02. The highest BCUT2D eigenvalue weighted by Gasteiger charge is 2.03. The van der Waals surface area contributed by atoms with E-state index in [1.165, 1.54) is 16.8 Å². The van der Waals surface area contributed by atoms with Gasteiger partial charge >= 0.3 is 5.69 Å². The average molecular weight is 228 g/mol. The highest BCUT2D eigenvalue weighted by Crippen LogP contribution is 2.18. The summed E-state index contributed by atoms with van der Waals surface area (Å²) < 4.78 is 6.61. The largest absolute Gasteiger partial charge is 0.464 e. The van der Waals surface area contributed by atoms with Gasteiger partial charge in [-0.05, 0) is 18.2 Å². The predicted octanol–water partition coefficient (Wildman–Crippen LogP) is 1.27. The van der Waals surface area contributed by atoms with Crippen LogP contribution in [0.1, 0.15) is 0 Å². The van der Waals surface area contributed by atoms with E-state index in [1.807, 2.05) is 12.1 Å². The first-order valence-electron chi connectivity index (χ1n) is 5.04. The summed E-state index contributed by atoms with van der Waals surface area (Å²) in [6.45, 7) is 0. The molecule has 5 nitrogen and oxygen atoms in total. The third-order valence-electron chi connectivity index (χ3n) is 2.54. The van der Waals surface area contributed by atoms with Crippen LogP contribution in [-0.4, -0.2) is 9.55 Å². The molecule has 1 N–H and O–H groups in total. The number of rotatable bonds is 1. The fourth-order valence-corrected chi connectivity index (χ4v) is 1.71. The summed E-state index contributed by atoms with van der Waals surface area (Å²) in [5.41, 5.74) is 0.461. The lowest BCUT2D eigenvalue weighted by molar-refractivity contribution is 0.615.